The van der Waals surface area contributed by atoms with Crippen molar-refractivity contribution in [2.45, 2.75) is 12.5 Å². The largest absolute Gasteiger partial charge is 0.475 e. The Bertz CT molecular complexity index is 437. The van der Waals surface area contributed by atoms with Gasteiger partial charge in [-0.25, -0.2) is 8.78 Å². The van der Waals surface area contributed by atoms with Gasteiger partial charge in [-0.05, 0) is 6.54 Å². The summed E-state index contributed by atoms with van der Waals surface area (Å²) in [5.74, 6) is -2.18. The van der Waals surface area contributed by atoms with Gasteiger partial charge in [0, 0.05) is 18.6 Å². The highest BCUT2D eigenvalue weighted by Gasteiger charge is 2.29. The van der Waals surface area contributed by atoms with E-state index in [1.807, 2.05) is 0 Å². The second-order valence-electron chi connectivity index (χ2n) is 3.44. The number of nitrogens with one attached hydrogen (secondary N) is 1. The van der Waals surface area contributed by atoms with Crippen LogP contribution in [0.2, 0.25) is 0 Å². The highest BCUT2D eigenvalue weighted by atomic mass is 19.1. The molecule has 1 aromatic rings. The Kier molecular flexibility index (Phi) is 2.74. The lowest BCUT2D eigenvalue weighted by molar-refractivity contribution is -0.123. The first kappa shape index (κ1) is 10.8. The number of hydrogen-bond acceptors (Lipinski definition) is 3. The Morgan fingerprint density at radius 2 is 2.19 bits per heavy atom. The molecule has 2 rings (SSSR count). The first-order valence-corrected chi connectivity index (χ1v) is 4.78. The molecule has 0 bridgehead atoms. The van der Waals surface area contributed by atoms with Gasteiger partial charge in [-0.1, -0.05) is 0 Å². The molecule has 1 aromatic carbocycles. The zero-order valence-electron chi connectivity index (χ0n) is 8.30. The maximum absolute atomic E-state index is 13.3. The first-order valence-electron chi connectivity index (χ1n) is 4.78. The molecule has 1 heterocycles. The van der Waals surface area contributed by atoms with E-state index in [-0.39, 0.29) is 24.4 Å². The van der Waals surface area contributed by atoms with Crippen molar-refractivity contribution >= 4 is 11.6 Å². The number of hydrogen-bond donors (Lipinski definition) is 2. The molecule has 1 aliphatic heterocycles. The van der Waals surface area contributed by atoms with E-state index in [4.69, 9.17) is 10.5 Å². The van der Waals surface area contributed by atoms with E-state index in [1.165, 1.54) is 0 Å². The Hall–Kier alpha value is -1.69. The van der Waals surface area contributed by atoms with Gasteiger partial charge in [-0.2, -0.15) is 0 Å². The fraction of sp³-hybridized carbons (Fsp3) is 0.300. The van der Waals surface area contributed by atoms with Crippen LogP contribution in [0.25, 0.3) is 0 Å². The molecule has 0 aliphatic carbocycles. The van der Waals surface area contributed by atoms with Gasteiger partial charge < -0.3 is 15.8 Å². The lowest BCUT2D eigenvalue weighted by Crippen LogP contribution is -2.38. The van der Waals surface area contributed by atoms with Crippen LogP contribution < -0.4 is 15.8 Å². The fourth-order valence-corrected chi connectivity index (χ4v) is 1.52. The number of halogens is 2. The summed E-state index contributed by atoms with van der Waals surface area (Å²) in [4.78, 5) is 11.4. The number of amides is 1. The van der Waals surface area contributed by atoms with E-state index < -0.39 is 23.6 Å². The lowest BCUT2D eigenvalue weighted by atomic mass is 10.1. The second kappa shape index (κ2) is 4.05. The van der Waals surface area contributed by atoms with Crippen LogP contribution in [0.4, 0.5) is 14.5 Å². The molecule has 1 amide bonds. The summed E-state index contributed by atoms with van der Waals surface area (Å²) >= 11 is 0. The molecule has 0 fully saturated rings. The number of benzene rings is 1. The molecule has 1 atom stereocenters. The third kappa shape index (κ3) is 1.83. The van der Waals surface area contributed by atoms with Crippen molar-refractivity contribution in [1.29, 1.82) is 0 Å². The molecular formula is C10H10F2N2O2. The van der Waals surface area contributed by atoms with Crippen LogP contribution in [0, 0.1) is 11.6 Å². The summed E-state index contributed by atoms with van der Waals surface area (Å²) in [5, 5.41) is 2.38. The first-order chi connectivity index (χ1) is 7.61. The normalized spacial score (nSPS) is 18.7. The molecule has 86 valence electrons. The number of nitrogens with two attached hydrogens (primary N) is 1. The molecule has 0 saturated carbocycles. The zero-order chi connectivity index (χ0) is 11.7. The van der Waals surface area contributed by atoms with Gasteiger partial charge in [0.05, 0.1) is 5.69 Å². The zero-order valence-corrected chi connectivity index (χ0v) is 8.30. The van der Waals surface area contributed by atoms with Crippen LogP contribution in [0.5, 0.6) is 5.75 Å². The summed E-state index contributed by atoms with van der Waals surface area (Å²) in [5.41, 5.74) is 5.30. The van der Waals surface area contributed by atoms with Crippen LogP contribution >= 0.6 is 0 Å². The quantitative estimate of drug-likeness (QED) is 0.794. The van der Waals surface area contributed by atoms with Crippen molar-refractivity contribution in [3.63, 3.8) is 0 Å². The smallest absolute Gasteiger partial charge is 0.265 e. The lowest BCUT2D eigenvalue weighted by Gasteiger charge is -2.25. The average Bonchev–Trinajstić information content (AvgIpc) is 2.20. The van der Waals surface area contributed by atoms with Gasteiger partial charge in [0.2, 0.25) is 0 Å². The topological polar surface area (TPSA) is 64.3 Å². The highest BCUT2D eigenvalue weighted by Crippen LogP contribution is 2.33. The minimum absolute atomic E-state index is 0.00997. The van der Waals surface area contributed by atoms with Crippen molar-refractivity contribution in [3.05, 3.63) is 23.8 Å². The third-order valence-corrected chi connectivity index (χ3v) is 2.25. The van der Waals surface area contributed by atoms with Gasteiger partial charge in [0.15, 0.2) is 17.7 Å². The number of anilines is 1. The Morgan fingerprint density at radius 3 is 2.88 bits per heavy atom. The molecule has 0 radical (unpaired) electrons. The SMILES string of the molecule is NCCC1Oc2c(F)cc(F)cc2NC1=O. The fourth-order valence-electron chi connectivity index (χ4n) is 1.52. The number of ether oxygens (including phenoxy) is 1. The van der Waals surface area contributed by atoms with Gasteiger partial charge in [0.1, 0.15) is 5.82 Å². The van der Waals surface area contributed by atoms with Crippen LogP contribution in [-0.2, 0) is 4.79 Å². The number of carbonyl (C=O) groups is 1. The van der Waals surface area contributed by atoms with E-state index in [1.54, 1.807) is 0 Å². The number of fused-ring (bicyclic) bond motifs is 1. The predicted octanol–water partition coefficient (Wildman–Crippen LogP) is 1.01. The van der Waals surface area contributed by atoms with Crippen molar-refractivity contribution in [2.75, 3.05) is 11.9 Å². The van der Waals surface area contributed by atoms with Gasteiger partial charge in [0.25, 0.3) is 5.91 Å². The summed E-state index contributed by atoms with van der Waals surface area (Å²) in [6, 6.07) is 1.71. The van der Waals surface area contributed by atoms with Gasteiger partial charge >= 0.3 is 0 Å². The Morgan fingerprint density at radius 1 is 1.44 bits per heavy atom. The average molecular weight is 228 g/mol. The summed E-state index contributed by atoms with van der Waals surface area (Å²) < 4.78 is 31.3. The maximum atomic E-state index is 13.3. The Balaban J connectivity index is 2.35. The Labute approximate surface area is 90.4 Å². The van der Waals surface area contributed by atoms with Gasteiger partial charge in [-0.15, -0.1) is 0 Å². The van der Waals surface area contributed by atoms with E-state index in [0.717, 1.165) is 6.07 Å². The van der Waals surface area contributed by atoms with E-state index in [9.17, 15) is 13.6 Å². The van der Waals surface area contributed by atoms with Crippen molar-refractivity contribution in [2.24, 2.45) is 5.73 Å². The molecule has 1 aliphatic rings. The molecule has 1 unspecified atom stereocenters. The third-order valence-electron chi connectivity index (χ3n) is 2.25. The molecular weight excluding hydrogens is 218 g/mol. The molecule has 0 spiro atoms. The molecule has 3 N–H and O–H groups in total. The predicted molar refractivity (Wildman–Crippen MR) is 53.1 cm³/mol. The van der Waals surface area contributed by atoms with Crippen molar-refractivity contribution < 1.29 is 18.3 Å². The maximum Gasteiger partial charge on any atom is 0.265 e. The van der Waals surface area contributed by atoms with Crippen LogP contribution in [0.15, 0.2) is 12.1 Å². The summed E-state index contributed by atoms with van der Waals surface area (Å²) in [6.07, 6.45) is -0.542. The van der Waals surface area contributed by atoms with Crippen LogP contribution in [-0.4, -0.2) is 18.6 Å². The van der Waals surface area contributed by atoms with Crippen molar-refractivity contribution in [1.82, 2.24) is 0 Å². The minimum Gasteiger partial charge on any atom is -0.475 e. The standard InChI is InChI=1S/C10H10F2N2O2/c11-5-3-6(12)9-7(4-5)14-10(15)8(16-9)1-2-13/h3-4,8H,1-2,13H2,(H,14,15). The molecule has 16 heavy (non-hydrogen) atoms. The van der Waals surface area contributed by atoms with Crippen LogP contribution in [0.1, 0.15) is 6.42 Å². The molecule has 0 aromatic heterocycles. The van der Waals surface area contributed by atoms with E-state index >= 15 is 0 Å². The van der Waals surface area contributed by atoms with Gasteiger partial charge in [-0.3, -0.25) is 4.79 Å². The highest BCUT2D eigenvalue weighted by molar-refractivity contribution is 5.97. The number of rotatable bonds is 2. The molecule has 0 saturated heterocycles. The summed E-state index contributed by atoms with van der Waals surface area (Å²) in [7, 11) is 0. The summed E-state index contributed by atoms with van der Waals surface area (Å²) in [6.45, 7) is 0.246. The van der Waals surface area contributed by atoms with Crippen molar-refractivity contribution in [3.8, 4) is 5.75 Å². The minimum atomic E-state index is -0.836. The van der Waals surface area contributed by atoms with E-state index in [0.29, 0.717) is 6.07 Å². The molecule has 4 nitrogen and oxygen atoms in total. The van der Waals surface area contributed by atoms with E-state index in [2.05, 4.69) is 5.32 Å². The second-order valence-corrected chi connectivity index (χ2v) is 3.44. The number of carbonyl (C=O) groups excluding carboxylic acids is 1. The van der Waals surface area contributed by atoms with Crippen LogP contribution in [0.3, 0.4) is 0 Å². The molecule has 6 heteroatoms. The monoisotopic (exact) mass is 228 g/mol.